The van der Waals surface area contributed by atoms with Crippen molar-refractivity contribution >= 4 is 22.6 Å². The van der Waals surface area contributed by atoms with Gasteiger partial charge in [-0.25, -0.2) is 4.98 Å². The molecule has 0 unspecified atom stereocenters. The summed E-state index contributed by atoms with van der Waals surface area (Å²) in [6.07, 6.45) is 3.12. The predicted octanol–water partition coefficient (Wildman–Crippen LogP) is 1.56. The number of rotatable bonds is 3. The summed E-state index contributed by atoms with van der Waals surface area (Å²) in [5, 5.41) is 3.14. The molecule has 0 aliphatic carbocycles. The summed E-state index contributed by atoms with van der Waals surface area (Å²) in [4.78, 5) is 15.4. The zero-order valence-electron chi connectivity index (χ0n) is 8.81. The molecule has 0 saturated carbocycles. The first-order chi connectivity index (χ1) is 7.79. The first kappa shape index (κ1) is 11.2. The zero-order chi connectivity index (χ0) is 11.4. The maximum Gasteiger partial charge on any atom is 0.249 e. The van der Waals surface area contributed by atoms with Gasteiger partial charge in [0.25, 0.3) is 0 Å². The van der Waals surface area contributed by atoms with Crippen LogP contribution in [0.15, 0.2) is 12.7 Å². The van der Waals surface area contributed by atoms with Crippen LogP contribution in [0.5, 0.6) is 0 Å². The summed E-state index contributed by atoms with van der Waals surface area (Å²) in [5.41, 5.74) is 0. The maximum absolute atomic E-state index is 11.1. The number of carbonyl (C=O) groups is 1. The van der Waals surface area contributed by atoms with Crippen LogP contribution in [0.1, 0.15) is 24.6 Å². The average molecular weight is 239 g/mol. The zero-order valence-corrected chi connectivity index (χ0v) is 9.63. The van der Waals surface area contributed by atoms with Gasteiger partial charge < -0.3 is 4.74 Å². The lowest BCUT2D eigenvalue weighted by atomic mass is 10.00. The highest BCUT2D eigenvalue weighted by Gasteiger charge is 2.20. The second-order valence-corrected chi connectivity index (χ2v) is 4.29. The Balaban J connectivity index is 2.00. The molecule has 16 heavy (non-hydrogen) atoms. The summed E-state index contributed by atoms with van der Waals surface area (Å²) < 4.78 is 9.53. The number of anilines is 1. The minimum absolute atomic E-state index is 0.255. The van der Waals surface area contributed by atoms with Crippen molar-refractivity contribution < 1.29 is 9.53 Å². The van der Waals surface area contributed by atoms with Crippen molar-refractivity contribution in [2.75, 3.05) is 18.5 Å². The smallest absolute Gasteiger partial charge is 0.249 e. The second-order valence-electron chi connectivity index (χ2n) is 3.54. The molecule has 2 rings (SSSR count). The van der Waals surface area contributed by atoms with Crippen LogP contribution in [0, 0.1) is 0 Å². The number of hydrogen-bond donors (Lipinski definition) is 1. The lowest BCUT2D eigenvalue weighted by Crippen LogP contribution is -2.15. The van der Waals surface area contributed by atoms with Gasteiger partial charge in [0.05, 0.1) is 0 Å². The monoisotopic (exact) mass is 239 g/mol. The number of aromatic nitrogens is 2. The molecular weight excluding hydrogens is 226 g/mol. The fourth-order valence-corrected chi connectivity index (χ4v) is 2.21. The number of hydrogen-bond acceptors (Lipinski definition) is 5. The van der Waals surface area contributed by atoms with Gasteiger partial charge in [-0.15, -0.1) is 0 Å². The van der Waals surface area contributed by atoms with Crippen molar-refractivity contribution in [3.8, 4) is 0 Å². The fraction of sp³-hybridized carbons (Fsp3) is 0.500. The minimum Gasteiger partial charge on any atom is -0.381 e. The summed E-state index contributed by atoms with van der Waals surface area (Å²) in [6.45, 7) is 4.91. The van der Waals surface area contributed by atoms with Crippen LogP contribution in [-0.4, -0.2) is 28.5 Å². The van der Waals surface area contributed by atoms with Crippen LogP contribution in [0.25, 0.3) is 0 Å². The van der Waals surface area contributed by atoms with E-state index in [1.165, 1.54) is 17.6 Å². The second kappa shape index (κ2) is 5.18. The van der Waals surface area contributed by atoms with Crippen molar-refractivity contribution in [1.29, 1.82) is 0 Å². The normalized spacial score (nSPS) is 17.0. The Labute approximate surface area is 97.7 Å². The summed E-state index contributed by atoms with van der Waals surface area (Å²) in [5.74, 6) is 0.918. The highest BCUT2D eigenvalue weighted by Crippen LogP contribution is 2.26. The number of amides is 1. The van der Waals surface area contributed by atoms with Crippen LogP contribution < -0.4 is 5.32 Å². The first-order valence-corrected chi connectivity index (χ1v) is 5.91. The Kier molecular flexibility index (Phi) is 3.63. The van der Waals surface area contributed by atoms with Gasteiger partial charge >= 0.3 is 0 Å². The van der Waals surface area contributed by atoms with Gasteiger partial charge in [-0.3, -0.25) is 10.1 Å². The first-order valence-electron chi connectivity index (χ1n) is 5.14. The molecule has 1 amide bonds. The van der Waals surface area contributed by atoms with E-state index in [1.54, 1.807) is 0 Å². The van der Waals surface area contributed by atoms with E-state index in [4.69, 9.17) is 4.74 Å². The molecule has 0 bridgehead atoms. The minimum atomic E-state index is -0.255. The van der Waals surface area contributed by atoms with Gasteiger partial charge in [-0.1, -0.05) is 6.58 Å². The van der Waals surface area contributed by atoms with Gasteiger partial charge in [-0.2, -0.15) is 4.37 Å². The molecule has 5 nitrogen and oxygen atoms in total. The highest BCUT2D eigenvalue weighted by molar-refractivity contribution is 7.09. The third-order valence-corrected chi connectivity index (χ3v) is 3.09. The number of ether oxygens (including phenoxy) is 1. The number of carbonyl (C=O) groups excluding carboxylic acids is 1. The molecule has 0 aromatic carbocycles. The molecule has 1 saturated heterocycles. The summed E-state index contributed by atoms with van der Waals surface area (Å²) >= 11 is 1.21. The van der Waals surface area contributed by atoms with Gasteiger partial charge in [0.2, 0.25) is 11.0 Å². The topological polar surface area (TPSA) is 64.1 Å². The third kappa shape index (κ3) is 2.65. The van der Waals surface area contributed by atoms with Gasteiger partial charge in [0.15, 0.2) is 0 Å². The predicted molar refractivity (Wildman–Crippen MR) is 61.5 cm³/mol. The van der Waals surface area contributed by atoms with Crippen molar-refractivity contribution in [3.63, 3.8) is 0 Å². The van der Waals surface area contributed by atoms with E-state index in [9.17, 15) is 4.79 Å². The summed E-state index contributed by atoms with van der Waals surface area (Å²) in [7, 11) is 0. The van der Waals surface area contributed by atoms with E-state index < -0.39 is 0 Å². The average Bonchev–Trinajstić information content (AvgIpc) is 2.78. The third-order valence-electron chi connectivity index (χ3n) is 2.44. The van der Waals surface area contributed by atoms with Crippen LogP contribution in [0.3, 0.4) is 0 Å². The molecule has 2 heterocycles. The Morgan fingerprint density at radius 1 is 1.56 bits per heavy atom. The summed E-state index contributed by atoms with van der Waals surface area (Å²) in [6, 6.07) is 0. The molecule has 86 valence electrons. The highest BCUT2D eigenvalue weighted by atomic mass is 32.1. The van der Waals surface area contributed by atoms with Gasteiger partial charge in [-0.05, 0) is 18.9 Å². The molecule has 1 aliphatic heterocycles. The number of nitrogens with zero attached hydrogens (tertiary/aromatic N) is 2. The Bertz CT molecular complexity index is 385. The molecule has 1 aliphatic rings. The van der Waals surface area contributed by atoms with Crippen LogP contribution >= 0.6 is 11.5 Å². The lowest BCUT2D eigenvalue weighted by molar-refractivity contribution is -0.111. The molecular formula is C10H13N3O2S. The van der Waals surface area contributed by atoms with E-state index in [0.717, 1.165) is 31.9 Å². The molecule has 0 radical (unpaired) electrons. The van der Waals surface area contributed by atoms with Gasteiger partial charge in [0, 0.05) is 30.7 Å². The Hall–Kier alpha value is -1.27. The molecule has 1 aromatic heterocycles. The van der Waals surface area contributed by atoms with Crippen molar-refractivity contribution in [1.82, 2.24) is 9.36 Å². The van der Waals surface area contributed by atoms with Crippen molar-refractivity contribution in [2.24, 2.45) is 0 Å². The van der Waals surface area contributed by atoms with E-state index >= 15 is 0 Å². The standard InChI is InChI=1S/C10H13N3O2S/c1-2-8(14)11-10-12-9(13-16-10)7-3-5-15-6-4-7/h2,7H,1,3-6H2,(H,11,12,13,14). The SMILES string of the molecule is C=CC(=O)Nc1nc(C2CCOCC2)ns1. The molecule has 1 fully saturated rings. The van der Waals surface area contributed by atoms with Gasteiger partial charge in [0.1, 0.15) is 5.82 Å². The quantitative estimate of drug-likeness (QED) is 0.813. The van der Waals surface area contributed by atoms with E-state index in [-0.39, 0.29) is 5.91 Å². The molecule has 1 N–H and O–H groups in total. The number of nitrogens with one attached hydrogen (secondary N) is 1. The molecule has 1 aromatic rings. The van der Waals surface area contributed by atoms with Crippen LogP contribution in [0.2, 0.25) is 0 Å². The van der Waals surface area contributed by atoms with E-state index in [2.05, 4.69) is 21.3 Å². The molecule has 6 heteroatoms. The van der Waals surface area contributed by atoms with E-state index in [1.807, 2.05) is 0 Å². The maximum atomic E-state index is 11.1. The van der Waals surface area contributed by atoms with Crippen molar-refractivity contribution in [3.05, 3.63) is 18.5 Å². The molecule has 0 spiro atoms. The van der Waals surface area contributed by atoms with Crippen LogP contribution in [-0.2, 0) is 9.53 Å². The molecule has 0 atom stereocenters. The lowest BCUT2D eigenvalue weighted by Gasteiger charge is -2.18. The van der Waals surface area contributed by atoms with E-state index in [0.29, 0.717) is 11.0 Å². The Morgan fingerprint density at radius 3 is 3.00 bits per heavy atom. The largest absolute Gasteiger partial charge is 0.381 e. The van der Waals surface area contributed by atoms with Crippen molar-refractivity contribution in [2.45, 2.75) is 18.8 Å². The fourth-order valence-electron chi connectivity index (χ4n) is 1.56. The van der Waals surface area contributed by atoms with Crippen LogP contribution in [0.4, 0.5) is 5.13 Å². The Morgan fingerprint density at radius 2 is 2.31 bits per heavy atom.